The number of guanidine groups is 1. The Kier molecular flexibility index (Phi) is 4.89. The maximum absolute atomic E-state index is 5.76. The van der Waals surface area contributed by atoms with E-state index in [0.29, 0.717) is 19.1 Å². The van der Waals surface area contributed by atoms with Gasteiger partial charge in [-0.1, -0.05) is 0 Å². The number of nitrogens with zero attached hydrogens (tertiary/aromatic N) is 2. The van der Waals surface area contributed by atoms with Gasteiger partial charge in [0.2, 0.25) is 0 Å². The topological polar surface area (TPSA) is 72.5 Å². The standard InChI is InChI=1S/C11H20N4OS/c1-11(2,3)15-10(12)13-5-8-7-17-9(14-8)6-16-4/h7H,5-6H2,1-4H3,(H3,12,13,15). The van der Waals surface area contributed by atoms with Crippen molar-refractivity contribution < 1.29 is 4.74 Å². The molecular weight excluding hydrogens is 236 g/mol. The minimum Gasteiger partial charge on any atom is -0.378 e. The van der Waals surface area contributed by atoms with E-state index in [1.165, 1.54) is 0 Å². The van der Waals surface area contributed by atoms with Gasteiger partial charge in [0.05, 0.1) is 18.8 Å². The summed E-state index contributed by atoms with van der Waals surface area (Å²) in [6.07, 6.45) is 0. The molecule has 0 saturated carbocycles. The van der Waals surface area contributed by atoms with Crippen LogP contribution in [0.2, 0.25) is 0 Å². The largest absolute Gasteiger partial charge is 0.378 e. The molecule has 17 heavy (non-hydrogen) atoms. The summed E-state index contributed by atoms with van der Waals surface area (Å²) in [6.45, 7) is 7.15. The normalized spacial score (nSPS) is 12.8. The molecule has 0 bridgehead atoms. The first-order valence-corrected chi connectivity index (χ1v) is 6.29. The summed E-state index contributed by atoms with van der Waals surface area (Å²) in [7, 11) is 1.66. The number of nitrogens with two attached hydrogens (primary N) is 1. The smallest absolute Gasteiger partial charge is 0.189 e. The third kappa shape index (κ3) is 5.65. The summed E-state index contributed by atoms with van der Waals surface area (Å²) >= 11 is 1.57. The fraction of sp³-hybridized carbons (Fsp3) is 0.636. The lowest BCUT2D eigenvalue weighted by molar-refractivity contribution is 0.184. The Balaban J connectivity index is 2.50. The molecular formula is C11H20N4OS. The lowest BCUT2D eigenvalue weighted by atomic mass is 10.1. The molecule has 0 radical (unpaired) electrons. The molecule has 0 fully saturated rings. The summed E-state index contributed by atoms with van der Waals surface area (Å²) in [4.78, 5) is 8.61. The van der Waals surface area contributed by atoms with Crippen molar-refractivity contribution in [2.75, 3.05) is 7.11 Å². The zero-order valence-corrected chi connectivity index (χ0v) is 11.6. The van der Waals surface area contributed by atoms with Crippen LogP contribution in [-0.4, -0.2) is 23.6 Å². The van der Waals surface area contributed by atoms with Crippen LogP contribution in [-0.2, 0) is 17.9 Å². The van der Waals surface area contributed by atoms with Crippen LogP contribution in [0.3, 0.4) is 0 Å². The van der Waals surface area contributed by atoms with Gasteiger partial charge in [0.25, 0.3) is 0 Å². The van der Waals surface area contributed by atoms with Crippen molar-refractivity contribution in [1.29, 1.82) is 0 Å². The zero-order chi connectivity index (χ0) is 12.9. The second-order valence-corrected chi connectivity index (χ2v) is 5.68. The monoisotopic (exact) mass is 256 g/mol. The summed E-state index contributed by atoms with van der Waals surface area (Å²) in [5, 5.41) is 6.03. The molecule has 0 unspecified atom stereocenters. The Morgan fingerprint density at radius 1 is 1.59 bits per heavy atom. The third-order valence-corrected chi connectivity index (χ3v) is 2.65. The number of thiazole rings is 1. The Morgan fingerprint density at radius 2 is 2.29 bits per heavy atom. The highest BCUT2D eigenvalue weighted by Gasteiger charge is 2.09. The maximum Gasteiger partial charge on any atom is 0.189 e. The van der Waals surface area contributed by atoms with Crippen LogP contribution in [0.25, 0.3) is 0 Å². The zero-order valence-electron chi connectivity index (χ0n) is 10.8. The van der Waals surface area contributed by atoms with Crippen molar-refractivity contribution in [3.05, 3.63) is 16.1 Å². The molecule has 1 aromatic rings. The van der Waals surface area contributed by atoms with E-state index in [1.54, 1.807) is 18.4 Å². The van der Waals surface area contributed by atoms with Crippen LogP contribution >= 0.6 is 11.3 Å². The van der Waals surface area contributed by atoms with E-state index in [2.05, 4.69) is 15.3 Å². The molecule has 3 N–H and O–H groups in total. The van der Waals surface area contributed by atoms with Crippen molar-refractivity contribution in [2.45, 2.75) is 39.5 Å². The van der Waals surface area contributed by atoms with Gasteiger partial charge in [-0.3, -0.25) is 0 Å². The van der Waals surface area contributed by atoms with Crippen LogP contribution in [0.1, 0.15) is 31.5 Å². The van der Waals surface area contributed by atoms with Gasteiger partial charge >= 0.3 is 0 Å². The van der Waals surface area contributed by atoms with Crippen LogP contribution in [0, 0.1) is 0 Å². The highest BCUT2D eigenvalue weighted by atomic mass is 32.1. The molecule has 0 atom stereocenters. The summed E-state index contributed by atoms with van der Waals surface area (Å²) in [5.41, 5.74) is 6.61. The van der Waals surface area contributed by atoms with Crippen molar-refractivity contribution in [2.24, 2.45) is 10.7 Å². The molecule has 1 rings (SSSR count). The minimum atomic E-state index is -0.0726. The highest BCUT2D eigenvalue weighted by molar-refractivity contribution is 7.09. The molecule has 0 aliphatic rings. The highest BCUT2D eigenvalue weighted by Crippen LogP contribution is 2.11. The Hall–Kier alpha value is -1.14. The molecule has 0 saturated heterocycles. The van der Waals surface area contributed by atoms with E-state index in [9.17, 15) is 0 Å². The summed E-state index contributed by atoms with van der Waals surface area (Å²) in [6, 6.07) is 0. The van der Waals surface area contributed by atoms with E-state index in [-0.39, 0.29) is 5.54 Å². The van der Waals surface area contributed by atoms with Crippen LogP contribution in [0.5, 0.6) is 0 Å². The lowest BCUT2D eigenvalue weighted by Gasteiger charge is -2.20. The number of hydrogen-bond acceptors (Lipinski definition) is 4. The van der Waals surface area contributed by atoms with Gasteiger partial charge in [0.15, 0.2) is 5.96 Å². The molecule has 0 amide bonds. The average Bonchev–Trinajstić information content (AvgIpc) is 2.61. The van der Waals surface area contributed by atoms with Gasteiger partial charge < -0.3 is 15.8 Å². The number of ether oxygens (including phenoxy) is 1. The van der Waals surface area contributed by atoms with Crippen LogP contribution in [0.15, 0.2) is 10.4 Å². The van der Waals surface area contributed by atoms with Gasteiger partial charge in [-0.15, -0.1) is 11.3 Å². The van der Waals surface area contributed by atoms with Crippen molar-refractivity contribution in [3.63, 3.8) is 0 Å². The second kappa shape index (κ2) is 5.97. The SMILES string of the molecule is COCc1nc(CN=C(N)NC(C)(C)C)cs1. The molecule has 0 spiro atoms. The quantitative estimate of drug-likeness (QED) is 0.632. The molecule has 0 aromatic carbocycles. The van der Waals surface area contributed by atoms with Gasteiger partial charge in [0.1, 0.15) is 5.01 Å². The molecule has 0 aliphatic carbocycles. The Labute approximate surface area is 106 Å². The first kappa shape index (κ1) is 13.9. The van der Waals surface area contributed by atoms with Crippen LogP contribution in [0.4, 0.5) is 0 Å². The number of aromatic nitrogens is 1. The molecule has 5 nitrogen and oxygen atoms in total. The fourth-order valence-electron chi connectivity index (χ4n) is 1.20. The fourth-order valence-corrected chi connectivity index (χ4v) is 1.96. The van der Waals surface area contributed by atoms with Crippen molar-refractivity contribution >= 4 is 17.3 Å². The molecule has 1 heterocycles. The van der Waals surface area contributed by atoms with Gasteiger partial charge in [-0.25, -0.2) is 9.98 Å². The number of methoxy groups -OCH3 is 1. The predicted molar refractivity (Wildman–Crippen MR) is 71.0 cm³/mol. The van der Waals surface area contributed by atoms with Crippen molar-refractivity contribution in [3.8, 4) is 0 Å². The number of aliphatic imine (C=N–C) groups is 1. The summed E-state index contributed by atoms with van der Waals surface area (Å²) < 4.78 is 5.01. The van der Waals surface area contributed by atoms with Gasteiger partial charge in [-0.05, 0) is 20.8 Å². The number of rotatable bonds is 4. The predicted octanol–water partition coefficient (Wildman–Crippen LogP) is 1.49. The van der Waals surface area contributed by atoms with Gasteiger partial charge in [0, 0.05) is 18.0 Å². The molecule has 0 aliphatic heterocycles. The van der Waals surface area contributed by atoms with Gasteiger partial charge in [-0.2, -0.15) is 0 Å². The number of hydrogen-bond donors (Lipinski definition) is 2. The van der Waals surface area contributed by atoms with E-state index in [4.69, 9.17) is 10.5 Å². The van der Waals surface area contributed by atoms with E-state index in [0.717, 1.165) is 10.7 Å². The maximum atomic E-state index is 5.76. The van der Waals surface area contributed by atoms with E-state index in [1.807, 2.05) is 26.2 Å². The molecule has 6 heteroatoms. The second-order valence-electron chi connectivity index (χ2n) is 4.74. The first-order valence-electron chi connectivity index (χ1n) is 5.41. The Bertz CT molecular complexity index is 381. The van der Waals surface area contributed by atoms with Crippen LogP contribution < -0.4 is 11.1 Å². The Morgan fingerprint density at radius 3 is 2.88 bits per heavy atom. The summed E-state index contributed by atoms with van der Waals surface area (Å²) in [5.74, 6) is 0.443. The molecule has 96 valence electrons. The van der Waals surface area contributed by atoms with E-state index >= 15 is 0 Å². The number of nitrogens with one attached hydrogen (secondary N) is 1. The third-order valence-electron chi connectivity index (χ3n) is 1.78. The molecule has 1 aromatic heterocycles. The lowest BCUT2D eigenvalue weighted by Crippen LogP contribution is -2.44. The van der Waals surface area contributed by atoms with Crippen molar-refractivity contribution in [1.82, 2.24) is 10.3 Å². The minimum absolute atomic E-state index is 0.0726. The average molecular weight is 256 g/mol. The van der Waals surface area contributed by atoms with E-state index < -0.39 is 0 Å². The first-order chi connectivity index (χ1) is 7.90.